The number of benzene rings is 1. The largest absolute Gasteiger partial charge is 0.339 e. The average molecular weight is 374 g/mol. The summed E-state index contributed by atoms with van der Waals surface area (Å²) >= 11 is 0. The molecule has 1 saturated heterocycles. The lowest BCUT2D eigenvalue weighted by atomic mass is 10.1. The van der Waals surface area contributed by atoms with Crippen molar-refractivity contribution in [1.82, 2.24) is 15.5 Å². The topological polar surface area (TPSA) is 61.4 Å². The van der Waals surface area contributed by atoms with E-state index in [1.807, 2.05) is 36.1 Å². The zero-order valence-electron chi connectivity index (χ0n) is 16.9. The minimum atomic E-state index is -0.133. The van der Waals surface area contributed by atoms with E-state index in [1.54, 1.807) is 0 Å². The number of amides is 3. The van der Waals surface area contributed by atoms with E-state index in [9.17, 15) is 9.59 Å². The first-order valence-corrected chi connectivity index (χ1v) is 10.5. The summed E-state index contributed by atoms with van der Waals surface area (Å²) in [5.41, 5.74) is 1.72. The molecule has 5 heteroatoms. The number of nitrogens with zero attached hydrogens (tertiary/aromatic N) is 1. The molecule has 150 valence electrons. The highest BCUT2D eigenvalue weighted by atomic mass is 16.2. The van der Waals surface area contributed by atoms with Crippen LogP contribution in [0.3, 0.4) is 0 Å². The molecule has 1 aromatic carbocycles. The van der Waals surface area contributed by atoms with Crippen LogP contribution in [0.4, 0.5) is 4.79 Å². The van der Waals surface area contributed by atoms with Gasteiger partial charge >= 0.3 is 6.03 Å². The lowest BCUT2D eigenvalue weighted by Gasteiger charge is -2.26. The molecule has 27 heavy (non-hydrogen) atoms. The van der Waals surface area contributed by atoms with Crippen LogP contribution in [-0.4, -0.2) is 36.0 Å². The summed E-state index contributed by atoms with van der Waals surface area (Å²) in [6, 6.07) is 7.62. The zero-order chi connectivity index (χ0) is 19.5. The van der Waals surface area contributed by atoms with E-state index >= 15 is 0 Å². The predicted molar refractivity (Wildman–Crippen MR) is 110 cm³/mol. The number of carbonyl (C=O) groups excluding carboxylic acids is 2. The van der Waals surface area contributed by atoms with Gasteiger partial charge in [-0.3, -0.25) is 4.79 Å². The van der Waals surface area contributed by atoms with Gasteiger partial charge in [0.1, 0.15) is 0 Å². The standard InChI is InChI=1S/C22H35N3O2/c1-3-4-5-7-10-18(2)24-22(27)23-17-19-11-13-20(14-12-19)21(26)25-15-8-6-9-16-25/h11-14,18H,3-10,15-17H2,1-2H3,(H2,23,24,27)/t18-/m1/s1. The summed E-state index contributed by atoms with van der Waals surface area (Å²) in [4.78, 5) is 26.4. The number of likely N-dealkylation sites (tertiary alicyclic amines) is 1. The Morgan fingerprint density at radius 3 is 2.41 bits per heavy atom. The number of piperidine rings is 1. The number of unbranched alkanes of at least 4 members (excludes halogenated alkanes) is 3. The van der Waals surface area contributed by atoms with Gasteiger partial charge in [-0.25, -0.2) is 4.79 Å². The van der Waals surface area contributed by atoms with Gasteiger partial charge < -0.3 is 15.5 Å². The van der Waals surface area contributed by atoms with E-state index in [4.69, 9.17) is 0 Å². The monoisotopic (exact) mass is 373 g/mol. The molecule has 2 N–H and O–H groups in total. The number of carbonyl (C=O) groups is 2. The zero-order valence-corrected chi connectivity index (χ0v) is 16.9. The molecule has 0 radical (unpaired) electrons. The number of nitrogens with one attached hydrogen (secondary N) is 2. The Morgan fingerprint density at radius 1 is 1.04 bits per heavy atom. The first-order chi connectivity index (χ1) is 13.1. The fourth-order valence-corrected chi connectivity index (χ4v) is 3.45. The Hall–Kier alpha value is -2.04. The first kappa shape index (κ1) is 21.3. The molecule has 1 aliphatic heterocycles. The van der Waals surface area contributed by atoms with Crippen LogP contribution in [0.2, 0.25) is 0 Å². The van der Waals surface area contributed by atoms with Crippen molar-refractivity contribution in [3.05, 3.63) is 35.4 Å². The highest BCUT2D eigenvalue weighted by molar-refractivity contribution is 5.94. The molecule has 0 aromatic heterocycles. The minimum Gasteiger partial charge on any atom is -0.339 e. The van der Waals surface area contributed by atoms with Gasteiger partial charge in [0.25, 0.3) is 5.91 Å². The molecule has 1 aromatic rings. The molecule has 1 aliphatic rings. The highest BCUT2D eigenvalue weighted by Gasteiger charge is 2.17. The molecule has 2 rings (SSSR count). The maximum atomic E-state index is 12.5. The van der Waals surface area contributed by atoms with Crippen molar-refractivity contribution in [3.63, 3.8) is 0 Å². The fraction of sp³-hybridized carbons (Fsp3) is 0.636. The summed E-state index contributed by atoms with van der Waals surface area (Å²) in [6.07, 6.45) is 9.29. The summed E-state index contributed by atoms with van der Waals surface area (Å²) < 4.78 is 0. The van der Waals surface area contributed by atoms with Crippen molar-refractivity contribution in [2.75, 3.05) is 13.1 Å². The third kappa shape index (κ3) is 7.61. The fourth-order valence-electron chi connectivity index (χ4n) is 3.45. The predicted octanol–water partition coefficient (Wildman–Crippen LogP) is 4.47. The molecule has 0 spiro atoms. The van der Waals surface area contributed by atoms with E-state index in [-0.39, 0.29) is 18.0 Å². The maximum absolute atomic E-state index is 12.5. The Labute approximate surface area is 163 Å². The molecular formula is C22H35N3O2. The molecule has 1 heterocycles. The second-order valence-electron chi connectivity index (χ2n) is 7.63. The maximum Gasteiger partial charge on any atom is 0.315 e. The smallest absolute Gasteiger partial charge is 0.315 e. The van der Waals surface area contributed by atoms with Crippen LogP contribution in [0.5, 0.6) is 0 Å². The van der Waals surface area contributed by atoms with E-state index in [0.717, 1.165) is 49.9 Å². The Morgan fingerprint density at radius 2 is 1.74 bits per heavy atom. The van der Waals surface area contributed by atoms with Gasteiger partial charge in [0.05, 0.1) is 0 Å². The third-order valence-electron chi connectivity index (χ3n) is 5.17. The summed E-state index contributed by atoms with van der Waals surface area (Å²) in [7, 11) is 0. The van der Waals surface area contributed by atoms with Crippen molar-refractivity contribution in [3.8, 4) is 0 Å². The Bertz CT molecular complexity index is 580. The van der Waals surface area contributed by atoms with Gasteiger partial charge in [-0.15, -0.1) is 0 Å². The number of urea groups is 1. The molecule has 5 nitrogen and oxygen atoms in total. The molecule has 1 fully saturated rings. The summed E-state index contributed by atoms with van der Waals surface area (Å²) in [6.45, 7) is 6.43. The van der Waals surface area contributed by atoms with Gasteiger partial charge in [0, 0.05) is 31.2 Å². The third-order valence-corrected chi connectivity index (χ3v) is 5.17. The second-order valence-corrected chi connectivity index (χ2v) is 7.63. The SMILES string of the molecule is CCCCCC[C@@H](C)NC(=O)NCc1ccc(C(=O)N2CCCCC2)cc1. The number of hydrogen-bond acceptors (Lipinski definition) is 2. The highest BCUT2D eigenvalue weighted by Crippen LogP contribution is 2.14. The van der Waals surface area contributed by atoms with E-state index in [1.165, 1.54) is 25.7 Å². The average Bonchev–Trinajstić information content (AvgIpc) is 2.70. The van der Waals surface area contributed by atoms with Crippen molar-refractivity contribution in [2.24, 2.45) is 0 Å². The normalized spacial score (nSPS) is 15.3. The number of hydrogen-bond donors (Lipinski definition) is 2. The molecule has 0 bridgehead atoms. The van der Waals surface area contributed by atoms with Crippen LogP contribution in [0.15, 0.2) is 24.3 Å². The van der Waals surface area contributed by atoms with E-state index in [2.05, 4.69) is 17.6 Å². The number of rotatable bonds is 9. The second kappa shape index (κ2) is 11.6. The van der Waals surface area contributed by atoms with Gasteiger partial charge in [-0.2, -0.15) is 0 Å². The van der Waals surface area contributed by atoms with E-state index in [0.29, 0.717) is 6.54 Å². The van der Waals surface area contributed by atoms with Crippen molar-refractivity contribution in [2.45, 2.75) is 77.8 Å². The molecule has 0 unspecified atom stereocenters. The van der Waals surface area contributed by atoms with Gasteiger partial charge in [0.15, 0.2) is 0 Å². The van der Waals surface area contributed by atoms with Crippen LogP contribution < -0.4 is 10.6 Å². The van der Waals surface area contributed by atoms with Crippen LogP contribution in [0.1, 0.15) is 81.1 Å². The summed E-state index contributed by atoms with van der Waals surface area (Å²) in [5.74, 6) is 0.115. The van der Waals surface area contributed by atoms with Gasteiger partial charge in [-0.05, 0) is 50.3 Å². The summed E-state index contributed by atoms with van der Waals surface area (Å²) in [5, 5.41) is 5.89. The molecular weight excluding hydrogens is 338 g/mol. The molecule has 1 atom stereocenters. The first-order valence-electron chi connectivity index (χ1n) is 10.5. The van der Waals surface area contributed by atoms with Crippen molar-refractivity contribution >= 4 is 11.9 Å². The van der Waals surface area contributed by atoms with Gasteiger partial charge in [0.2, 0.25) is 0 Å². The molecule has 3 amide bonds. The van der Waals surface area contributed by atoms with Crippen LogP contribution >= 0.6 is 0 Å². The Balaban J connectivity index is 1.71. The lowest BCUT2D eigenvalue weighted by Crippen LogP contribution is -2.40. The van der Waals surface area contributed by atoms with Crippen LogP contribution in [0, 0.1) is 0 Å². The van der Waals surface area contributed by atoms with E-state index < -0.39 is 0 Å². The molecule has 0 saturated carbocycles. The van der Waals surface area contributed by atoms with Crippen LogP contribution in [-0.2, 0) is 6.54 Å². The lowest BCUT2D eigenvalue weighted by molar-refractivity contribution is 0.0724. The van der Waals surface area contributed by atoms with Gasteiger partial charge in [-0.1, -0.05) is 44.7 Å². The van der Waals surface area contributed by atoms with Crippen molar-refractivity contribution < 1.29 is 9.59 Å². The minimum absolute atomic E-state index is 0.115. The van der Waals surface area contributed by atoms with Crippen molar-refractivity contribution in [1.29, 1.82) is 0 Å². The Kier molecular flexibility index (Phi) is 9.16. The molecule has 0 aliphatic carbocycles. The van der Waals surface area contributed by atoms with Crippen LogP contribution in [0.25, 0.3) is 0 Å². The quantitative estimate of drug-likeness (QED) is 0.627.